The van der Waals surface area contributed by atoms with Crippen molar-refractivity contribution in [3.63, 3.8) is 0 Å². The third kappa shape index (κ3) is 6.58. The normalized spacial score (nSPS) is 14.3. The van der Waals surface area contributed by atoms with Gasteiger partial charge in [-0.1, -0.05) is 30.3 Å². The number of guanidine groups is 1. The van der Waals surface area contributed by atoms with Crippen molar-refractivity contribution < 1.29 is 4.74 Å². The van der Waals surface area contributed by atoms with Gasteiger partial charge in [0, 0.05) is 25.3 Å². The molecule has 3 rings (SSSR count). The van der Waals surface area contributed by atoms with Crippen LogP contribution in [0.3, 0.4) is 0 Å². The Bertz CT molecular complexity index is 742. The smallest absolute Gasteiger partial charge is 0.188 e. The first-order valence-electron chi connectivity index (χ1n) is 9.76. The lowest BCUT2D eigenvalue weighted by Gasteiger charge is -2.30. The van der Waals surface area contributed by atoms with Crippen LogP contribution < -0.4 is 20.7 Å². The van der Waals surface area contributed by atoms with E-state index in [0.29, 0.717) is 12.5 Å². The Hall–Kier alpha value is -1.96. The van der Waals surface area contributed by atoms with Gasteiger partial charge in [-0.15, -0.1) is 24.0 Å². The van der Waals surface area contributed by atoms with Crippen molar-refractivity contribution in [1.82, 2.24) is 5.32 Å². The fraction of sp³-hybridized carbons (Fsp3) is 0.409. The Kier molecular flexibility index (Phi) is 9.40. The average Bonchev–Trinajstić information content (AvgIpc) is 2.73. The molecule has 0 unspecified atom stereocenters. The van der Waals surface area contributed by atoms with Gasteiger partial charge in [0.2, 0.25) is 0 Å². The summed E-state index contributed by atoms with van der Waals surface area (Å²) < 4.78 is 5.18. The molecule has 2 aromatic carbocycles. The number of hydrogen-bond donors (Lipinski definition) is 2. The minimum absolute atomic E-state index is 0. The number of piperidine rings is 1. The Morgan fingerprint density at radius 3 is 2.50 bits per heavy atom. The first-order chi connectivity index (χ1) is 13.3. The van der Waals surface area contributed by atoms with Gasteiger partial charge >= 0.3 is 0 Å². The average molecular weight is 494 g/mol. The number of benzene rings is 2. The second kappa shape index (κ2) is 11.8. The maximum atomic E-state index is 6.07. The molecule has 0 bridgehead atoms. The molecule has 0 aliphatic carbocycles. The fourth-order valence-corrected chi connectivity index (χ4v) is 3.44. The SMILES string of the molecule is COc1ccc(CCNC(N)=NCc2ccccc2N2CCCCC2)cc1.I. The zero-order valence-corrected chi connectivity index (χ0v) is 18.9. The Labute approximate surface area is 185 Å². The zero-order valence-electron chi connectivity index (χ0n) is 16.6. The van der Waals surface area contributed by atoms with Crippen LogP contribution in [0.25, 0.3) is 0 Å². The van der Waals surface area contributed by atoms with E-state index in [2.05, 4.69) is 51.6 Å². The number of hydrogen-bond acceptors (Lipinski definition) is 3. The van der Waals surface area contributed by atoms with Crippen LogP contribution in [-0.2, 0) is 13.0 Å². The van der Waals surface area contributed by atoms with Crippen molar-refractivity contribution in [2.24, 2.45) is 10.7 Å². The lowest BCUT2D eigenvalue weighted by atomic mass is 10.1. The minimum atomic E-state index is 0. The second-order valence-corrected chi connectivity index (χ2v) is 6.90. The summed E-state index contributed by atoms with van der Waals surface area (Å²) in [4.78, 5) is 7.02. The zero-order chi connectivity index (χ0) is 18.9. The van der Waals surface area contributed by atoms with E-state index in [1.807, 2.05) is 12.1 Å². The lowest BCUT2D eigenvalue weighted by molar-refractivity contribution is 0.414. The monoisotopic (exact) mass is 494 g/mol. The predicted molar refractivity (Wildman–Crippen MR) is 128 cm³/mol. The van der Waals surface area contributed by atoms with Crippen molar-refractivity contribution in [2.75, 3.05) is 31.6 Å². The number of ether oxygens (including phenoxy) is 1. The maximum absolute atomic E-state index is 6.07. The van der Waals surface area contributed by atoms with Crippen molar-refractivity contribution in [1.29, 1.82) is 0 Å². The Morgan fingerprint density at radius 2 is 1.79 bits per heavy atom. The number of anilines is 1. The number of nitrogens with zero attached hydrogens (tertiary/aromatic N) is 2. The molecule has 0 atom stereocenters. The van der Waals surface area contributed by atoms with Crippen molar-refractivity contribution in [3.8, 4) is 5.75 Å². The van der Waals surface area contributed by atoms with E-state index in [0.717, 1.165) is 31.8 Å². The minimum Gasteiger partial charge on any atom is -0.497 e. The number of rotatable bonds is 7. The van der Waals surface area contributed by atoms with Crippen LogP contribution >= 0.6 is 24.0 Å². The number of nitrogens with two attached hydrogens (primary N) is 1. The molecule has 2 aromatic rings. The molecule has 28 heavy (non-hydrogen) atoms. The van der Waals surface area contributed by atoms with E-state index < -0.39 is 0 Å². The van der Waals surface area contributed by atoms with Crippen molar-refractivity contribution in [3.05, 3.63) is 59.7 Å². The highest BCUT2D eigenvalue weighted by molar-refractivity contribution is 14.0. The van der Waals surface area contributed by atoms with E-state index in [4.69, 9.17) is 10.5 Å². The summed E-state index contributed by atoms with van der Waals surface area (Å²) in [5.41, 5.74) is 9.84. The number of nitrogens with one attached hydrogen (secondary N) is 1. The fourth-order valence-electron chi connectivity index (χ4n) is 3.44. The molecular weight excluding hydrogens is 463 g/mol. The van der Waals surface area contributed by atoms with Crippen LogP contribution in [-0.4, -0.2) is 32.7 Å². The number of methoxy groups -OCH3 is 1. The molecule has 1 aliphatic heterocycles. The van der Waals surface area contributed by atoms with Gasteiger partial charge in [0.15, 0.2) is 5.96 Å². The van der Waals surface area contributed by atoms with Crippen LogP contribution in [0.4, 0.5) is 5.69 Å². The summed E-state index contributed by atoms with van der Waals surface area (Å²) in [6.07, 6.45) is 4.77. The molecule has 3 N–H and O–H groups in total. The van der Waals surface area contributed by atoms with Crippen LogP contribution in [0.15, 0.2) is 53.5 Å². The molecule has 1 saturated heterocycles. The highest BCUT2D eigenvalue weighted by atomic mass is 127. The largest absolute Gasteiger partial charge is 0.497 e. The van der Waals surface area contributed by atoms with Crippen LogP contribution in [0.2, 0.25) is 0 Å². The van der Waals surface area contributed by atoms with Gasteiger partial charge in [-0.3, -0.25) is 0 Å². The van der Waals surface area contributed by atoms with Crippen LogP contribution in [0.1, 0.15) is 30.4 Å². The third-order valence-electron chi connectivity index (χ3n) is 4.99. The molecule has 1 heterocycles. The van der Waals surface area contributed by atoms with Gasteiger partial charge in [0.25, 0.3) is 0 Å². The van der Waals surface area contributed by atoms with Crippen molar-refractivity contribution in [2.45, 2.75) is 32.2 Å². The summed E-state index contributed by atoms with van der Waals surface area (Å²) >= 11 is 0. The van der Waals surface area contributed by atoms with E-state index in [-0.39, 0.29) is 24.0 Å². The molecule has 6 heteroatoms. The van der Waals surface area contributed by atoms with E-state index >= 15 is 0 Å². The van der Waals surface area contributed by atoms with Crippen LogP contribution in [0.5, 0.6) is 5.75 Å². The summed E-state index contributed by atoms with van der Waals surface area (Å²) in [6.45, 7) is 3.64. The second-order valence-electron chi connectivity index (χ2n) is 6.90. The first-order valence-corrected chi connectivity index (χ1v) is 9.76. The van der Waals surface area contributed by atoms with Crippen LogP contribution in [0, 0.1) is 0 Å². The highest BCUT2D eigenvalue weighted by Crippen LogP contribution is 2.24. The molecule has 0 radical (unpaired) electrons. The molecular formula is C22H31IN4O. The number of aliphatic imine (C=N–C) groups is 1. The molecule has 1 aliphatic rings. The standard InChI is InChI=1S/C22H30N4O.HI/c1-27-20-11-9-18(10-12-20)13-14-24-22(23)25-17-19-7-3-4-8-21(19)26-15-5-2-6-16-26;/h3-4,7-12H,2,5-6,13-17H2,1H3,(H3,23,24,25);1H. The van der Waals surface area contributed by atoms with Gasteiger partial charge in [-0.05, 0) is 55.0 Å². The molecule has 0 saturated carbocycles. The van der Waals surface area contributed by atoms with Gasteiger partial charge in [-0.2, -0.15) is 0 Å². The molecule has 0 amide bonds. The Morgan fingerprint density at radius 1 is 1.07 bits per heavy atom. The molecule has 152 valence electrons. The lowest BCUT2D eigenvalue weighted by Crippen LogP contribution is -2.33. The first kappa shape index (κ1) is 22.3. The number of halogens is 1. The van der Waals surface area contributed by atoms with Gasteiger partial charge < -0.3 is 20.7 Å². The number of para-hydroxylation sites is 1. The molecule has 0 aromatic heterocycles. The van der Waals surface area contributed by atoms with Gasteiger partial charge in [0.05, 0.1) is 13.7 Å². The third-order valence-corrected chi connectivity index (χ3v) is 4.99. The highest BCUT2D eigenvalue weighted by Gasteiger charge is 2.13. The molecule has 5 nitrogen and oxygen atoms in total. The molecule has 1 fully saturated rings. The Balaban J connectivity index is 0.00000280. The predicted octanol–water partition coefficient (Wildman–Crippen LogP) is 3.95. The van der Waals surface area contributed by atoms with E-state index in [1.54, 1.807) is 7.11 Å². The maximum Gasteiger partial charge on any atom is 0.188 e. The van der Waals surface area contributed by atoms with E-state index in [1.165, 1.54) is 36.1 Å². The summed E-state index contributed by atoms with van der Waals surface area (Å²) in [5.74, 6) is 1.37. The van der Waals surface area contributed by atoms with E-state index in [9.17, 15) is 0 Å². The summed E-state index contributed by atoms with van der Waals surface area (Å²) in [6, 6.07) is 16.6. The van der Waals surface area contributed by atoms with Crippen molar-refractivity contribution >= 4 is 35.6 Å². The topological polar surface area (TPSA) is 62.9 Å². The summed E-state index contributed by atoms with van der Waals surface area (Å²) in [7, 11) is 1.68. The van der Waals surface area contributed by atoms with Gasteiger partial charge in [-0.25, -0.2) is 4.99 Å². The van der Waals surface area contributed by atoms with Gasteiger partial charge in [0.1, 0.15) is 5.75 Å². The quantitative estimate of drug-likeness (QED) is 0.348. The summed E-state index contributed by atoms with van der Waals surface area (Å²) in [5, 5.41) is 3.21. The molecule has 0 spiro atoms.